The van der Waals surface area contributed by atoms with Gasteiger partial charge in [0.25, 0.3) is 0 Å². The van der Waals surface area contributed by atoms with Crippen molar-refractivity contribution >= 4 is 11.8 Å². The minimum atomic E-state index is -4.20. The molecular weight excluding hydrogens is 223 g/mol. The number of alkyl halides is 3. The van der Waals surface area contributed by atoms with Crippen molar-refractivity contribution in [2.24, 2.45) is 11.7 Å². The molecule has 0 aliphatic rings. The highest BCUT2D eigenvalue weighted by Gasteiger charge is 2.38. The van der Waals surface area contributed by atoms with Gasteiger partial charge in [0.15, 0.2) is 0 Å². The summed E-state index contributed by atoms with van der Waals surface area (Å²) in [4.78, 5) is 0.834. The van der Waals surface area contributed by atoms with E-state index in [0.29, 0.717) is 0 Å². The molecule has 1 rings (SSSR count). The van der Waals surface area contributed by atoms with Crippen LogP contribution in [0.1, 0.15) is 0 Å². The van der Waals surface area contributed by atoms with Crippen molar-refractivity contribution in [3.05, 3.63) is 30.3 Å². The summed E-state index contributed by atoms with van der Waals surface area (Å²) < 4.78 is 37.0. The van der Waals surface area contributed by atoms with Crippen LogP contribution in [0.25, 0.3) is 0 Å². The first-order chi connectivity index (χ1) is 7.04. The highest BCUT2D eigenvalue weighted by Crippen LogP contribution is 2.30. The largest absolute Gasteiger partial charge is 0.393 e. The summed E-state index contributed by atoms with van der Waals surface area (Å²) in [6.07, 6.45) is -4.20. The number of benzene rings is 1. The van der Waals surface area contributed by atoms with Gasteiger partial charge in [0, 0.05) is 17.2 Å². The van der Waals surface area contributed by atoms with Crippen molar-refractivity contribution in [1.29, 1.82) is 0 Å². The Morgan fingerprint density at radius 2 is 1.80 bits per heavy atom. The van der Waals surface area contributed by atoms with E-state index in [1.54, 1.807) is 24.3 Å². The van der Waals surface area contributed by atoms with Crippen molar-refractivity contribution in [3.8, 4) is 0 Å². The van der Waals surface area contributed by atoms with Crippen LogP contribution in [0.2, 0.25) is 0 Å². The molecule has 0 fully saturated rings. The second-order valence-electron chi connectivity index (χ2n) is 3.10. The minimum Gasteiger partial charge on any atom is -0.330 e. The van der Waals surface area contributed by atoms with Gasteiger partial charge >= 0.3 is 6.18 Å². The zero-order valence-electron chi connectivity index (χ0n) is 8.00. The summed E-state index contributed by atoms with van der Waals surface area (Å²) in [5, 5.41) is 0. The average Bonchev–Trinajstić information content (AvgIpc) is 2.18. The van der Waals surface area contributed by atoms with Crippen molar-refractivity contribution in [2.45, 2.75) is 11.1 Å². The van der Waals surface area contributed by atoms with Crippen LogP contribution in [0.4, 0.5) is 13.2 Å². The molecule has 1 unspecified atom stereocenters. The molecule has 1 aromatic carbocycles. The Morgan fingerprint density at radius 1 is 1.20 bits per heavy atom. The molecule has 0 aromatic heterocycles. The number of halogens is 3. The first-order valence-electron chi connectivity index (χ1n) is 4.48. The van der Waals surface area contributed by atoms with E-state index in [0.717, 1.165) is 4.90 Å². The second-order valence-corrected chi connectivity index (χ2v) is 4.19. The van der Waals surface area contributed by atoms with Gasteiger partial charge in [-0.1, -0.05) is 18.2 Å². The standard InChI is InChI=1S/C10H12F3NS/c11-10(12,13)8(6-14)7-15-9-4-2-1-3-5-9/h1-5,8H,6-7,14H2. The molecule has 0 bridgehead atoms. The van der Waals surface area contributed by atoms with Gasteiger partial charge in [-0.15, -0.1) is 11.8 Å². The lowest BCUT2D eigenvalue weighted by molar-refractivity contribution is -0.165. The average molecular weight is 235 g/mol. The van der Waals surface area contributed by atoms with E-state index in [2.05, 4.69) is 0 Å². The first-order valence-corrected chi connectivity index (χ1v) is 5.47. The van der Waals surface area contributed by atoms with Crippen LogP contribution in [-0.4, -0.2) is 18.5 Å². The Morgan fingerprint density at radius 3 is 2.27 bits per heavy atom. The molecule has 0 saturated carbocycles. The third-order valence-corrected chi connectivity index (χ3v) is 3.12. The normalized spacial score (nSPS) is 13.9. The van der Waals surface area contributed by atoms with Gasteiger partial charge < -0.3 is 5.73 Å². The number of hydrogen-bond donors (Lipinski definition) is 1. The third kappa shape index (κ3) is 4.13. The molecule has 1 atom stereocenters. The molecule has 0 spiro atoms. The smallest absolute Gasteiger partial charge is 0.330 e. The van der Waals surface area contributed by atoms with E-state index in [1.807, 2.05) is 6.07 Å². The molecule has 1 aromatic rings. The van der Waals surface area contributed by atoms with Gasteiger partial charge in [0.05, 0.1) is 5.92 Å². The molecule has 15 heavy (non-hydrogen) atoms. The maximum Gasteiger partial charge on any atom is 0.393 e. The Hall–Kier alpha value is -0.680. The SMILES string of the molecule is NCC(CSc1ccccc1)C(F)(F)F. The summed E-state index contributed by atoms with van der Waals surface area (Å²) in [7, 11) is 0. The topological polar surface area (TPSA) is 26.0 Å². The predicted molar refractivity (Wildman–Crippen MR) is 55.8 cm³/mol. The predicted octanol–water partition coefficient (Wildman–Crippen LogP) is 2.92. The van der Waals surface area contributed by atoms with Crippen LogP contribution < -0.4 is 5.73 Å². The van der Waals surface area contributed by atoms with Crippen LogP contribution >= 0.6 is 11.8 Å². The van der Waals surface area contributed by atoms with E-state index in [4.69, 9.17) is 5.73 Å². The molecular formula is C10H12F3NS. The summed E-state index contributed by atoms with van der Waals surface area (Å²) >= 11 is 1.18. The van der Waals surface area contributed by atoms with Crippen LogP contribution in [0.3, 0.4) is 0 Å². The molecule has 0 aliphatic carbocycles. The molecule has 1 nitrogen and oxygen atoms in total. The quantitative estimate of drug-likeness (QED) is 0.812. The van der Waals surface area contributed by atoms with Crippen molar-refractivity contribution in [2.75, 3.05) is 12.3 Å². The Labute approximate surface area is 90.9 Å². The lowest BCUT2D eigenvalue weighted by atomic mass is 10.2. The van der Waals surface area contributed by atoms with Gasteiger partial charge in [-0.05, 0) is 12.1 Å². The first kappa shape index (κ1) is 12.4. The van der Waals surface area contributed by atoms with Crippen molar-refractivity contribution in [3.63, 3.8) is 0 Å². The maximum absolute atomic E-state index is 12.3. The summed E-state index contributed by atoms with van der Waals surface area (Å²) in [6.45, 7) is -0.358. The molecule has 2 N–H and O–H groups in total. The molecule has 0 amide bonds. The molecule has 0 heterocycles. The Bertz CT molecular complexity index is 286. The number of thioether (sulfide) groups is 1. The van der Waals surface area contributed by atoms with E-state index in [-0.39, 0.29) is 12.3 Å². The van der Waals surface area contributed by atoms with E-state index >= 15 is 0 Å². The van der Waals surface area contributed by atoms with Gasteiger partial charge in [-0.3, -0.25) is 0 Å². The Kier molecular flexibility index (Phi) is 4.47. The van der Waals surface area contributed by atoms with Crippen LogP contribution in [0.15, 0.2) is 35.2 Å². The highest BCUT2D eigenvalue weighted by atomic mass is 32.2. The number of nitrogens with two attached hydrogens (primary N) is 1. The van der Waals surface area contributed by atoms with E-state index in [9.17, 15) is 13.2 Å². The van der Waals surface area contributed by atoms with Gasteiger partial charge in [0.2, 0.25) is 0 Å². The third-order valence-electron chi connectivity index (χ3n) is 1.94. The lowest BCUT2D eigenvalue weighted by Gasteiger charge is -2.17. The van der Waals surface area contributed by atoms with Crippen molar-refractivity contribution in [1.82, 2.24) is 0 Å². The zero-order valence-corrected chi connectivity index (χ0v) is 8.81. The van der Waals surface area contributed by atoms with Crippen LogP contribution in [0.5, 0.6) is 0 Å². The maximum atomic E-state index is 12.3. The van der Waals surface area contributed by atoms with Gasteiger partial charge in [-0.2, -0.15) is 13.2 Å². The molecule has 5 heteroatoms. The fourth-order valence-electron chi connectivity index (χ4n) is 1.01. The zero-order chi connectivity index (χ0) is 11.3. The summed E-state index contributed by atoms with van der Waals surface area (Å²) in [5.41, 5.74) is 5.09. The van der Waals surface area contributed by atoms with E-state index < -0.39 is 12.1 Å². The van der Waals surface area contributed by atoms with Crippen LogP contribution in [0, 0.1) is 5.92 Å². The minimum absolute atomic E-state index is 0.0238. The molecule has 0 aliphatic heterocycles. The molecule has 0 radical (unpaired) electrons. The summed E-state index contributed by atoms with van der Waals surface area (Å²) in [6, 6.07) is 9.00. The van der Waals surface area contributed by atoms with Crippen LogP contribution in [-0.2, 0) is 0 Å². The second kappa shape index (κ2) is 5.42. The molecule has 84 valence electrons. The fourth-order valence-corrected chi connectivity index (χ4v) is 2.08. The lowest BCUT2D eigenvalue weighted by Crippen LogP contribution is -2.32. The van der Waals surface area contributed by atoms with Gasteiger partial charge in [0.1, 0.15) is 0 Å². The van der Waals surface area contributed by atoms with E-state index in [1.165, 1.54) is 11.8 Å². The fraction of sp³-hybridized carbons (Fsp3) is 0.400. The van der Waals surface area contributed by atoms with Crippen molar-refractivity contribution < 1.29 is 13.2 Å². The Balaban J connectivity index is 2.49. The van der Waals surface area contributed by atoms with Gasteiger partial charge in [-0.25, -0.2) is 0 Å². The highest BCUT2D eigenvalue weighted by molar-refractivity contribution is 7.99. The molecule has 0 saturated heterocycles. The monoisotopic (exact) mass is 235 g/mol. The number of rotatable bonds is 4. The number of hydrogen-bond acceptors (Lipinski definition) is 2. The summed E-state index contributed by atoms with van der Waals surface area (Å²) in [5.74, 6) is -1.45.